The number of benzene rings is 1. The molecule has 3 aromatic rings. The maximum atomic E-state index is 9.07. The van der Waals surface area contributed by atoms with Crippen LogP contribution in [-0.4, -0.2) is 9.55 Å². The van der Waals surface area contributed by atoms with Gasteiger partial charge in [-0.25, -0.2) is 4.98 Å². The predicted octanol–water partition coefficient (Wildman–Crippen LogP) is 3.61. The molecule has 0 saturated heterocycles. The molecule has 92 valence electrons. The molecule has 19 heavy (non-hydrogen) atoms. The third-order valence-corrected chi connectivity index (χ3v) is 3.38. The zero-order valence-electron chi connectivity index (χ0n) is 10.0. The molecule has 0 N–H and O–H groups in total. The largest absolute Gasteiger partial charge is 0.342 e. The number of pyridine rings is 1. The van der Waals surface area contributed by atoms with E-state index in [-0.39, 0.29) is 0 Å². The van der Waals surface area contributed by atoms with Crippen molar-refractivity contribution in [1.29, 1.82) is 5.26 Å². The van der Waals surface area contributed by atoms with E-state index in [1.807, 2.05) is 47.2 Å². The predicted molar refractivity (Wildman–Crippen MR) is 75.0 cm³/mol. The van der Waals surface area contributed by atoms with Crippen molar-refractivity contribution in [2.24, 2.45) is 0 Å². The third kappa shape index (κ3) is 2.07. The highest BCUT2D eigenvalue weighted by molar-refractivity contribution is 6.35. The Morgan fingerprint density at radius 2 is 2.11 bits per heavy atom. The monoisotopic (exact) mass is 267 g/mol. The second kappa shape index (κ2) is 4.75. The van der Waals surface area contributed by atoms with Crippen molar-refractivity contribution in [2.75, 3.05) is 0 Å². The molecule has 0 bridgehead atoms. The van der Waals surface area contributed by atoms with Crippen molar-refractivity contribution in [3.05, 3.63) is 65.1 Å². The molecule has 4 heteroatoms. The van der Waals surface area contributed by atoms with Crippen LogP contribution < -0.4 is 0 Å². The Morgan fingerprint density at radius 3 is 2.95 bits per heavy atom. The van der Waals surface area contributed by atoms with Gasteiger partial charge in [0.05, 0.1) is 17.1 Å². The van der Waals surface area contributed by atoms with Gasteiger partial charge in [-0.15, -0.1) is 0 Å². The number of nitrogens with zero attached hydrogens (tertiary/aromatic N) is 3. The van der Waals surface area contributed by atoms with Crippen molar-refractivity contribution in [3.63, 3.8) is 0 Å². The van der Waals surface area contributed by atoms with E-state index in [1.165, 1.54) is 0 Å². The van der Waals surface area contributed by atoms with Crippen LogP contribution in [0.4, 0.5) is 0 Å². The average Bonchev–Trinajstić information content (AvgIpc) is 2.84. The Hall–Kier alpha value is -2.31. The van der Waals surface area contributed by atoms with Crippen molar-refractivity contribution >= 4 is 22.5 Å². The maximum absolute atomic E-state index is 9.07. The van der Waals surface area contributed by atoms with Gasteiger partial charge >= 0.3 is 0 Å². The summed E-state index contributed by atoms with van der Waals surface area (Å²) in [6.45, 7) is 0.587. The van der Waals surface area contributed by atoms with Crippen molar-refractivity contribution in [3.8, 4) is 6.07 Å². The van der Waals surface area contributed by atoms with Gasteiger partial charge in [0.25, 0.3) is 0 Å². The summed E-state index contributed by atoms with van der Waals surface area (Å²) in [6, 6.07) is 13.7. The highest BCUT2D eigenvalue weighted by Crippen LogP contribution is 2.25. The number of aromatic nitrogens is 2. The first-order chi connectivity index (χ1) is 9.29. The molecule has 0 spiro atoms. The summed E-state index contributed by atoms with van der Waals surface area (Å²) >= 11 is 6.24. The first-order valence-electron chi connectivity index (χ1n) is 5.87. The van der Waals surface area contributed by atoms with Gasteiger partial charge in [-0.1, -0.05) is 29.8 Å². The summed E-state index contributed by atoms with van der Waals surface area (Å²) in [7, 11) is 0. The average molecular weight is 268 g/mol. The van der Waals surface area contributed by atoms with Gasteiger partial charge in [0.2, 0.25) is 0 Å². The standard InChI is InChI=1S/C15H10ClN3/c16-13-5-1-3-11-6-8-19(15(11)13)10-12-4-2-7-18-14(12)9-17/h1-8H,10H2. The fraction of sp³-hybridized carbons (Fsp3) is 0.0667. The molecule has 0 atom stereocenters. The van der Waals surface area contributed by atoms with Gasteiger partial charge in [0.15, 0.2) is 0 Å². The van der Waals surface area contributed by atoms with Gasteiger partial charge in [-0.2, -0.15) is 5.26 Å². The Labute approximate surface area is 115 Å². The normalized spacial score (nSPS) is 10.5. The van der Waals surface area contributed by atoms with E-state index < -0.39 is 0 Å². The van der Waals surface area contributed by atoms with E-state index in [0.29, 0.717) is 17.3 Å². The summed E-state index contributed by atoms with van der Waals surface area (Å²) in [5.41, 5.74) is 2.33. The van der Waals surface area contributed by atoms with Crippen LogP contribution in [0.3, 0.4) is 0 Å². The van der Waals surface area contributed by atoms with Crippen LogP contribution >= 0.6 is 11.6 Å². The topological polar surface area (TPSA) is 41.6 Å². The lowest BCUT2D eigenvalue weighted by Gasteiger charge is -2.07. The summed E-state index contributed by atoms with van der Waals surface area (Å²) in [5, 5.41) is 10.9. The van der Waals surface area contributed by atoms with E-state index in [4.69, 9.17) is 16.9 Å². The zero-order chi connectivity index (χ0) is 13.2. The molecule has 0 fully saturated rings. The quantitative estimate of drug-likeness (QED) is 0.712. The summed E-state index contributed by atoms with van der Waals surface area (Å²) < 4.78 is 2.04. The van der Waals surface area contributed by atoms with E-state index in [9.17, 15) is 0 Å². The van der Waals surface area contributed by atoms with Crippen LogP contribution in [0.1, 0.15) is 11.3 Å². The highest BCUT2D eigenvalue weighted by atomic mass is 35.5. The number of para-hydroxylation sites is 1. The first-order valence-corrected chi connectivity index (χ1v) is 6.25. The Balaban J connectivity index is 2.09. The van der Waals surface area contributed by atoms with Crippen LogP contribution in [0.2, 0.25) is 5.02 Å². The molecule has 3 rings (SSSR count). The minimum absolute atomic E-state index is 0.455. The Kier molecular flexibility index (Phi) is 2.94. The summed E-state index contributed by atoms with van der Waals surface area (Å²) in [5.74, 6) is 0. The van der Waals surface area contributed by atoms with Crippen LogP contribution in [0.5, 0.6) is 0 Å². The smallest absolute Gasteiger partial charge is 0.145 e. The molecule has 1 aromatic carbocycles. The lowest BCUT2D eigenvalue weighted by atomic mass is 10.2. The molecule has 0 aliphatic rings. The van der Waals surface area contributed by atoms with Crippen molar-refractivity contribution in [2.45, 2.75) is 6.54 Å². The minimum Gasteiger partial charge on any atom is -0.342 e. The third-order valence-electron chi connectivity index (χ3n) is 3.08. The summed E-state index contributed by atoms with van der Waals surface area (Å²) in [4.78, 5) is 4.07. The fourth-order valence-corrected chi connectivity index (χ4v) is 2.49. The molecule has 0 aliphatic carbocycles. The van der Waals surface area contributed by atoms with Crippen molar-refractivity contribution < 1.29 is 0 Å². The lowest BCUT2D eigenvalue weighted by Crippen LogP contribution is -2.01. The molecule has 0 saturated carbocycles. The summed E-state index contributed by atoms with van der Waals surface area (Å²) in [6.07, 6.45) is 3.60. The minimum atomic E-state index is 0.455. The molecular weight excluding hydrogens is 258 g/mol. The Bertz CT molecular complexity index is 783. The SMILES string of the molecule is N#Cc1ncccc1Cn1ccc2cccc(Cl)c21. The first kappa shape index (κ1) is 11.8. The molecule has 2 heterocycles. The number of nitriles is 1. The second-order valence-electron chi connectivity index (χ2n) is 4.24. The molecule has 0 amide bonds. The van der Waals surface area contributed by atoms with E-state index in [1.54, 1.807) is 6.20 Å². The van der Waals surface area contributed by atoms with Gasteiger partial charge < -0.3 is 4.57 Å². The van der Waals surface area contributed by atoms with E-state index in [0.717, 1.165) is 16.5 Å². The number of rotatable bonds is 2. The highest BCUT2D eigenvalue weighted by Gasteiger charge is 2.08. The molecule has 0 aliphatic heterocycles. The van der Waals surface area contributed by atoms with Crippen LogP contribution in [-0.2, 0) is 6.54 Å². The van der Waals surface area contributed by atoms with Gasteiger partial charge in [0, 0.05) is 23.3 Å². The van der Waals surface area contributed by atoms with Crippen molar-refractivity contribution in [1.82, 2.24) is 9.55 Å². The van der Waals surface area contributed by atoms with Gasteiger partial charge in [0.1, 0.15) is 11.8 Å². The molecule has 2 aromatic heterocycles. The zero-order valence-corrected chi connectivity index (χ0v) is 10.8. The number of hydrogen-bond acceptors (Lipinski definition) is 2. The van der Waals surface area contributed by atoms with Gasteiger partial charge in [-0.05, 0) is 18.2 Å². The van der Waals surface area contributed by atoms with Crippen LogP contribution in [0.15, 0.2) is 48.8 Å². The number of fused-ring (bicyclic) bond motifs is 1. The van der Waals surface area contributed by atoms with Gasteiger partial charge in [-0.3, -0.25) is 0 Å². The second-order valence-corrected chi connectivity index (χ2v) is 4.65. The molecular formula is C15H10ClN3. The van der Waals surface area contributed by atoms with E-state index >= 15 is 0 Å². The number of hydrogen-bond donors (Lipinski definition) is 0. The fourth-order valence-electron chi connectivity index (χ4n) is 2.20. The van der Waals surface area contributed by atoms with E-state index in [2.05, 4.69) is 11.1 Å². The molecule has 0 radical (unpaired) electrons. The molecule has 3 nitrogen and oxygen atoms in total. The molecule has 0 unspecified atom stereocenters. The lowest BCUT2D eigenvalue weighted by molar-refractivity contribution is 0.828. The maximum Gasteiger partial charge on any atom is 0.145 e. The number of halogens is 1. The van der Waals surface area contributed by atoms with Crippen LogP contribution in [0, 0.1) is 11.3 Å². The Morgan fingerprint density at radius 1 is 1.21 bits per heavy atom. The van der Waals surface area contributed by atoms with Crippen LogP contribution in [0.25, 0.3) is 10.9 Å².